The van der Waals surface area contributed by atoms with E-state index < -0.39 is 0 Å². The second-order valence-electron chi connectivity index (χ2n) is 9.84. The molecule has 0 atom stereocenters. The van der Waals surface area contributed by atoms with Crippen LogP contribution in [0.2, 0.25) is 0 Å². The Labute approximate surface area is 238 Å². The van der Waals surface area contributed by atoms with Crippen molar-refractivity contribution >= 4 is 16.6 Å². The molecule has 0 aliphatic carbocycles. The van der Waals surface area contributed by atoms with Crippen molar-refractivity contribution in [2.24, 2.45) is 5.41 Å². The second kappa shape index (κ2) is 11.2. The SMILES string of the molecule is COc1cc2c(Oc3ccc(N)c(C4[I-]C[I-]4)c3)ncnc2cc1OCCCN1CCC2(CC1)COC2. The van der Waals surface area contributed by atoms with Gasteiger partial charge in [0.25, 0.3) is 0 Å². The molecule has 0 unspecified atom stereocenters. The van der Waals surface area contributed by atoms with E-state index in [1.165, 1.54) is 27.2 Å². The van der Waals surface area contributed by atoms with Crippen LogP contribution < -0.4 is 62.4 Å². The monoisotopic (exact) mass is 730 g/mol. The van der Waals surface area contributed by atoms with Gasteiger partial charge in [0.2, 0.25) is 0 Å². The van der Waals surface area contributed by atoms with E-state index in [1.54, 1.807) is 7.11 Å². The quantitative estimate of drug-likeness (QED) is 0.118. The summed E-state index contributed by atoms with van der Waals surface area (Å²) in [4.78, 5) is 11.4. The van der Waals surface area contributed by atoms with E-state index in [1.807, 2.05) is 24.3 Å². The molecule has 3 aliphatic rings. The summed E-state index contributed by atoms with van der Waals surface area (Å²) in [5.74, 6) is 2.61. The van der Waals surface area contributed by atoms with E-state index in [-0.39, 0.29) is 42.4 Å². The van der Waals surface area contributed by atoms with Crippen LogP contribution in [0.1, 0.15) is 26.8 Å². The predicted molar refractivity (Wildman–Crippen MR) is 134 cm³/mol. The molecule has 3 saturated heterocycles. The van der Waals surface area contributed by atoms with Crippen molar-refractivity contribution in [3.63, 3.8) is 0 Å². The van der Waals surface area contributed by atoms with Gasteiger partial charge in [-0.25, -0.2) is 0 Å². The Hall–Kier alpha value is -1.64. The van der Waals surface area contributed by atoms with Gasteiger partial charge in [0, 0.05) is 12.0 Å². The van der Waals surface area contributed by atoms with Gasteiger partial charge in [-0.1, -0.05) is 0 Å². The topological polar surface area (TPSA) is 92.0 Å². The van der Waals surface area contributed by atoms with Crippen LogP contribution in [0.4, 0.5) is 5.69 Å². The van der Waals surface area contributed by atoms with E-state index in [0.29, 0.717) is 29.4 Å². The molecule has 1 spiro atoms. The molecule has 0 bridgehead atoms. The molecular formula is C27H32I2N4O4-2. The summed E-state index contributed by atoms with van der Waals surface area (Å²) < 4.78 is 25.7. The minimum atomic E-state index is 0.253. The van der Waals surface area contributed by atoms with Crippen LogP contribution in [0.3, 0.4) is 0 Å². The Morgan fingerprint density at radius 1 is 1.11 bits per heavy atom. The molecule has 2 aromatic carbocycles. The summed E-state index contributed by atoms with van der Waals surface area (Å²) >= 11 is 0.507. The average molecular weight is 730 g/mol. The van der Waals surface area contributed by atoms with Gasteiger partial charge in [0.1, 0.15) is 0 Å². The van der Waals surface area contributed by atoms with Crippen molar-refractivity contribution in [2.75, 3.05) is 54.7 Å². The molecule has 0 saturated carbocycles. The Morgan fingerprint density at radius 3 is 2.65 bits per heavy atom. The molecule has 2 N–H and O–H groups in total. The zero-order valence-electron chi connectivity index (χ0n) is 20.9. The number of hydrogen-bond acceptors (Lipinski definition) is 8. The number of aromatic nitrogens is 2. The van der Waals surface area contributed by atoms with Crippen LogP contribution in [0.15, 0.2) is 36.7 Å². The van der Waals surface area contributed by atoms with E-state index in [4.69, 9.17) is 24.7 Å². The number of halogens is 2. The first-order valence-electron chi connectivity index (χ1n) is 12.6. The van der Waals surface area contributed by atoms with E-state index in [2.05, 4.69) is 20.9 Å². The van der Waals surface area contributed by atoms with Crippen molar-refractivity contribution in [3.8, 4) is 23.1 Å². The van der Waals surface area contributed by atoms with Crippen molar-refractivity contribution in [3.05, 3.63) is 42.2 Å². The average Bonchev–Trinajstić information content (AvgIpc) is 2.86. The molecule has 3 aliphatic heterocycles. The van der Waals surface area contributed by atoms with Gasteiger partial charge >= 0.3 is 172 Å². The number of rotatable bonds is 9. The van der Waals surface area contributed by atoms with Crippen LogP contribution in [-0.2, 0) is 4.74 Å². The number of likely N-dealkylation sites (tertiary alicyclic amines) is 1. The molecule has 4 heterocycles. The van der Waals surface area contributed by atoms with Crippen LogP contribution in [0.25, 0.3) is 10.9 Å². The normalized spacial score (nSPS) is 19.8. The number of nitrogens with zero attached hydrogens (tertiary/aromatic N) is 3. The molecular weight excluding hydrogens is 698 g/mol. The molecule has 37 heavy (non-hydrogen) atoms. The number of nitrogens with two attached hydrogens (primary N) is 1. The second-order valence-corrected chi connectivity index (χ2v) is 20.9. The first kappa shape index (κ1) is 25.6. The Balaban J connectivity index is 1.11. The van der Waals surface area contributed by atoms with Crippen molar-refractivity contribution in [2.45, 2.75) is 21.2 Å². The van der Waals surface area contributed by atoms with Gasteiger partial charge in [-0.05, 0) is 32.4 Å². The van der Waals surface area contributed by atoms with Gasteiger partial charge in [-0.3, -0.25) is 0 Å². The third kappa shape index (κ3) is 5.57. The number of methoxy groups -OCH3 is 1. The van der Waals surface area contributed by atoms with Crippen LogP contribution in [0.5, 0.6) is 23.1 Å². The van der Waals surface area contributed by atoms with E-state index in [0.717, 1.165) is 63.5 Å². The Bertz CT molecular complexity index is 1260. The molecule has 200 valence electrons. The van der Waals surface area contributed by atoms with Crippen LogP contribution in [0, 0.1) is 5.41 Å². The number of nitrogen functional groups attached to an aromatic ring is 1. The maximum atomic E-state index is 6.27. The summed E-state index contributed by atoms with van der Waals surface area (Å²) in [5, 5.41) is 0.788. The first-order chi connectivity index (χ1) is 18.1. The van der Waals surface area contributed by atoms with Gasteiger partial charge in [0.05, 0.1) is 13.2 Å². The number of piperidine rings is 1. The zero-order chi connectivity index (χ0) is 25.2. The fraction of sp³-hybridized carbons (Fsp3) is 0.481. The van der Waals surface area contributed by atoms with Crippen LogP contribution in [-0.4, -0.2) is 63.9 Å². The molecule has 6 rings (SSSR count). The zero-order valence-corrected chi connectivity index (χ0v) is 25.2. The smallest absolute Gasteiger partial charge is 0.380 e. The minimum Gasteiger partial charge on any atom is -0.380 e. The third-order valence-corrected chi connectivity index (χ3v) is 19.9. The fourth-order valence-electron chi connectivity index (χ4n) is 4.99. The van der Waals surface area contributed by atoms with Gasteiger partial charge in [-0.15, -0.1) is 0 Å². The van der Waals surface area contributed by atoms with Gasteiger partial charge in [0.15, 0.2) is 0 Å². The minimum absolute atomic E-state index is 0.253. The first-order valence-corrected chi connectivity index (χ1v) is 18.2. The number of ether oxygens (including phenoxy) is 4. The summed E-state index contributed by atoms with van der Waals surface area (Å²) in [6, 6.07) is 9.80. The molecule has 8 nitrogen and oxygen atoms in total. The number of benzene rings is 2. The summed E-state index contributed by atoms with van der Waals surface area (Å²) in [6.07, 6.45) is 4.99. The van der Waals surface area contributed by atoms with Crippen molar-refractivity contribution < 1.29 is 61.4 Å². The molecule has 10 heteroatoms. The number of alkyl halides is 4. The van der Waals surface area contributed by atoms with Gasteiger partial charge < -0.3 is 9.64 Å². The predicted octanol–water partition coefficient (Wildman–Crippen LogP) is -1.96. The van der Waals surface area contributed by atoms with Crippen LogP contribution >= 0.6 is 0 Å². The summed E-state index contributed by atoms with van der Waals surface area (Å²) in [5.41, 5.74) is 9.64. The number of hydrogen-bond donors (Lipinski definition) is 1. The molecule has 3 fully saturated rings. The van der Waals surface area contributed by atoms with Gasteiger partial charge in [-0.2, -0.15) is 0 Å². The maximum absolute atomic E-state index is 6.27. The van der Waals surface area contributed by atoms with Crippen molar-refractivity contribution in [1.29, 1.82) is 0 Å². The van der Waals surface area contributed by atoms with Crippen molar-refractivity contribution in [1.82, 2.24) is 14.9 Å². The molecule has 1 aromatic heterocycles. The number of anilines is 1. The fourth-order valence-corrected chi connectivity index (χ4v) is 12.2. The molecule has 0 amide bonds. The third-order valence-electron chi connectivity index (χ3n) is 7.39. The number of fused-ring (bicyclic) bond motifs is 1. The van der Waals surface area contributed by atoms with E-state index >= 15 is 0 Å². The summed E-state index contributed by atoms with van der Waals surface area (Å²) in [6.45, 7) is 5.88. The Morgan fingerprint density at radius 2 is 1.95 bits per heavy atom. The Kier molecular flexibility index (Phi) is 7.78. The molecule has 0 radical (unpaired) electrons. The standard InChI is InChI=1S/C27H32I2N4O4/c1-34-23-12-20-22(13-24(23)36-10-2-7-33-8-5-27(6-9-33)14-35-15-27)31-17-32-26(20)37-18-3-4-21(30)19(11-18)25-28-16-29-25/h3-4,11-13,17,25H,2,5-10,14-16,30H2,1H3/q-2. The molecule has 3 aromatic rings. The van der Waals surface area contributed by atoms with E-state index in [9.17, 15) is 0 Å². The summed E-state index contributed by atoms with van der Waals surface area (Å²) in [7, 11) is 1.66.